The van der Waals surface area contributed by atoms with Crippen molar-refractivity contribution in [2.45, 2.75) is 57.0 Å². The van der Waals surface area contributed by atoms with E-state index in [0.29, 0.717) is 12.1 Å². The molecule has 4 N–H and O–H groups in total. The lowest BCUT2D eigenvalue weighted by Crippen LogP contribution is -2.46. The number of aliphatic imine (C=N–C) groups is 1. The van der Waals surface area contributed by atoms with Crippen LogP contribution >= 0.6 is 0 Å². The third-order valence-electron chi connectivity index (χ3n) is 4.21. The Morgan fingerprint density at radius 1 is 1.22 bits per heavy atom. The van der Waals surface area contributed by atoms with Crippen LogP contribution in [0.4, 0.5) is 0 Å². The zero-order valence-electron chi connectivity index (χ0n) is 11.5. The first-order chi connectivity index (χ1) is 8.79. The van der Waals surface area contributed by atoms with Crippen molar-refractivity contribution in [2.24, 2.45) is 10.8 Å². The van der Waals surface area contributed by atoms with Gasteiger partial charge in [0.05, 0.1) is 6.54 Å². The minimum absolute atomic E-state index is 0.559. The molecule has 104 valence electrons. The second-order valence-electron chi connectivity index (χ2n) is 5.59. The molecule has 0 aromatic carbocycles. The molecule has 5 nitrogen and oxygen atoms in total. The number of likely N-dealkylation sites (N-methyl/N-ethyl adjacent to an activating group) is 1. The molecule has 0 aromatic heterocycles. The van der Waals surface area contributed by atoms with E-state index in [4.69, 9.17) is 5.84 Å². The van der Waals surface area contributed by atoms with Crippen LogP contribution in [0.15, 0.2) is 4.99 Å². The monoisotopic (exact) mass is 253 g/mol. The van der Waals surface area contributed by atoms with Gasteiger partial charge < -0.3 is 10.2 Å². The van der Waals surface area contributed by atoms with Crippen molar-refractivity contribution >= 4 is 5.96 Å². The first-order valence-electron chi connectivity index (χ1n) is 7.27. The molecule has 1 aliphatic heterocycles. The van der Waals surface area contributed by atoms with E-state index in [1.54, 1.807) is 0 Å². The quantitative estimate of drug-likeness (QED) is 0.301. The molecule has 0 bridgehead atoms. The maximum absolute atomic E-state index is 5.54. The maximum atomic E-state index is 5.54. The van der Waals surface area contributed by atoms with Crippen molar-refractivity contribution in [3.8, 4) is 0 Å². The molecule has 2 aliphatic rings. The molecule has 0 spiro atoms. The van der Waals surface area contributed by atoms with E-state index < -0.39 is 0 Å². The van der Waals surface area contributed by atoms with Crippen molar-refractivity contribution in [1.82, 2.24) is 15.6 Å². The minimum Gasteiger partial charge on any atom is -0.353 e. The summed E-state index contributed by atoms with van der Waals surface area (Å²) in [6.45, 7) is 2.04. The maximum Gasteiger partial charge on any atom is 0.206 e. The highest BCUT2D eigenvalue weighted by molar-refractivity contribution is 5.79. The Morgan fingerprint density at radius 2 is 1.94 bits per heavy atom. The number of hydrazine groups is 1. The van der Waals surface area contributed by atoms with E-state index in [9.17, 15) is 0 Å². The van der Waals surface area contributed by atoms with Gasteiger partial charge in [-0.25, -0.2) is 5.84 Å². The summed E-state index contributed by atoms with van der Waals surface area (Å²) in [4.78, 5) is 7.02. The summed E-state index contributed by atoms with van der Waals surface area (Å²) in [6.07, 6.45) is 9.02. The molecule has 1 atom stereocenters. The third-order valence-corrected chi connectivity index (χ3v) is 4.21. The van der Waals surface area contributed by atoms with Gasteiger partial charge >= 0.3 is 0 Å². The standard InChI is InChI=1S/C13H27N5/c1-18-9-5-4-8-12(18)10-15-13(17-14)16-11-6-2-3-7-11/h11-12H,2-10,14H2,1H3,(H2,15,16,17). The minimum atomic E-state index is 0.559. The SMILES string of the molecule is CN1CCCCC1CN=C(NN)NC1CCCC1. The molecule has 1 saturated carbocycles. The Balaban J connectivity index is 1.80. The second-order valence-corrected chi connectivity index (χ2v) is 5.59. The molecule has 18 heavy (non-hydrogen) atoms. The van der Waals surface area contributed by atoms with Crippen LogP contribution in [0.3, 0.4) is 0 Å². The predicted octanol–water partition coefficient (Wildman–Crippen LogP) is 0.822. The van der Waals surface area contributed by atoms with Gasteiger partial charge in [-0.3, -0.25) is 10.4 Å². The lowest BCUT2D eigenvalue weighted by Gasteiger charge is -2.31. The number of likely N-dealkylation sites (tertiary alicyclic amines) is 1. The van der Waals surface area contributed by atoms with Gasteiger partial charge in [-0.05, 0) is 39.3 Å². The van der Waals surface area contributed by atoms with Crippen LogP contribution < -0.4 is 16.6 Å². The first kappa shape index (κ1) is 13.6. The lowest BCUT2D eigenvalue weighted by atomic mass is 10.0. The Hall–Kier alpha value is -0.810. The Morgan fingerprint density at radius 3 is 2.61 bits per heavy atom. The molecule has 5 heteroatoms. The number of rotatable bonds is 3. The number of hydrogen-bond acceptors (Lipinski definition) is 3. The number of hydrogen-bond donors (Lipinski definition) is 3. The van der Waals surface area contributed by atoms with E-state index in [1.165, 1.54) is 51.5 Å². The number of nitrogens with one attached hydrogen (secondary N) is 2. The van der Waals surface area contributed by atoms with Gasteiger partial charge in [0.25, 0.3) is 0 Å². The van der Waals surface area contributed by atoms with Gasteiger partial charge in [0.1, 0.15) is 0 Å². The van der Waals surface area contributed by atoms with E-state index in [2.05, 4.69) is 27.7 Å². The average molecular weight is 253 g/mol. The Kier molecular flexibility index (Phi) is 5.26. The van der Waals surface area contributed by atoms with E-state index in [-0.39, 0.29) is 0 Å². The van der Waals surface area contributed by atoms with Crippen LogP contribution in [-0.2, 0) is 0 Å². The van der Waals surface area contributed by atoms with Crippen LogP contribution in [0.25, 0.3) is 0 Å². The zero-order chi connectivity index (χ0) is 12.8. The van der Waals surface area contributed by atoms with Gasteiger partial charge in [0.15, 0.2) is 0 Å². The highest BCUT2D eigenvalue weighted by atomic mass is 15.3. The fraction of sp³-hybridized carbons (Fsp3) is 0.923. The lowest BCUT2D eigenvalue weighted by molar-refractivity contribution is 0.191. The number of guanidine groups is 1. The summed E-state index contributed by atoms with van der Waals surface area (Å²) in [5.41, 5.74) is 2.70. The second kappa shape index (κ2) is 6.95. The van der Waals surface area contributed by atoms with Gasteiger partial charge in [0, 0.05) is 12.1 Å². The summed E-state index contributed by atoms with van der Waals surface area (Å²) in [5.74, 6) is 6.31. The highest BCUT2D eigenvalue weighted by Gasteiger charge is 2.19. The van der Waals surface area contributed by atoms with Crippen molar-refractivity contribution in [2.75, 3.05) is 20.1 Å². The van der Waals surface area contributed by atoms with Crippen molar-refractivity contribution < 1.29 is 0 Å². The molecule has 2 fully saturated rings. The van der Waals surface area contributed by atoms with Crippen LogP contribution in [0.2, 0.25) is 0 Å². The van der Waals surface area contributed by atoms with Crippen LogP contribution in [0, 0.1) is 0 Å². The van der Waals surface area contributed by atoms with Crippen molar-refractivity contribution in [1.29, 1.82) is 0 Å². The molecule has 0 aromatic rings. The Bertz CT molecular complexity index is 273. The zero-order valence-corrected chi connectivity index (χ0v) is 11.5. The third kappa shape index (κ3) is 3.85. The molecular formula is C13H27N5. The van der Waals surface area contributed by atoms with E-state index in [1.807, 2.05) is 0 Å². The number of nitrogens with zero attached hydrogens (tertiary/aromatic N) is 2. The van der Waals surface area contributed by atoms with Crippen LogP contribution in [0.1, 0.15) is 44.9 Å². The summed E-state index contributed by atoms with van der Waals surface area (Å²) in [5, 5.41) is 3.42. The topological polar surface area (TPSA) is 65.7 Å². The molecule has 0 radical (unpaired) electrons. The molecule has 1 unspecified atom stereocenters. The van der Waals surface area contributed by atoms with Gasteiger partial charge in [-0.15, -0.1) is 0 Å². The molecular weight excluding hydrogens is 226 g/mol. The van der Waals surface area contributed by atoms with Gasteiger partial charge in [0.2, 0.25) is 5.96 Å². The fourth-order valence-electron chi connectivity index (χ4n) is 2.97. The largest absolute Gasteiger partial charge is 0.353 e. The summed E-state index contributed by atoms with van der Waals surface area (Å²) in [7, 11) is 2.19. The van der Waals surface area contributed by atoms with Crippen LogP contribution in [0.5, 0.6) is 0 Å². The molecule has 1 aliphatic carbocycles. The van der Waals surface area contributed by atoms with E-state index >= 15 is 0 Å². The van der Waals surface area contributed by atoms with Gasteiger partial charge in [-0.2, -0.15) is 0 Å². The smallest absolute Gasteiger partial charge is 0.206 e. The van der Waals surface area contributed by atoms with Crippen LogP contribution in [-0.4, -0.2) is 43.1 Å². The first-order valence-corrected chi connectivity index (χ1v) is 7.27. The summed E-state index contributed by atoms with van der Waals surface area (Å²) < 4.78 is 0. The predicted molar refractivity (Wildman–Crippen MR) is 75.3 cm³/mol. The fourth-order valence-corrected chi connectivity index (χ4v) is 2.97. The molecule has 1 saturated heterocycles. The van der Waals surface area contributed by atoms with Gasteiger partial charge in [-0.1, -0.05) is 19.3 Å². The van der Waals surface area contributed by atoms with E-state index in [0.717, 1.165) is 12.5 Å². The molecule has 0 amide bonds. The van der Waals surface area contributed by atoms with Crippen molar-refractivity contribution in [3.63, 3.8) is 0 Å². The normalized spacial score (nSPS) is 27.4. The number of nitrogens with two attached hydrogens (primary N) is 1. The molecule has 1 heterocycles. The average Bonchev–Trinajstić information content (AvgIpc) is 2.89. The summed E-state index contributed by atoms with van der Waals surface area (Å²) in [6, 6.07) is 1.14. The molecule has 2 rings (SSSR count). The Labute approximate surface area is 110 Å². The highest BCUT2D eigenvalue weighted by Crippen LogP contribution is 2.17. The van der Waals surface area contributed by atoms with Crippen molar-refractivity contribution in [3.05, 3.63) is 0 Å². The number of piperidine rings is 1. The summed E-state index contributed by atoms with van der Waals surface area (Å²) >= 11 is 0.